The van der Waals surface area contributed by atoms with Crippen LogP contribution < -0.4 is 5.32 Å². The third-order valence-corrected chi connectivity index (χ3v) is 5.49. The van der Waals surface area contributed by atoms with E-state index in [1.54, 1.807) is 13.0 Å². The first-order chi connectivity index (χ1) is 14.0. The molecule has 0 aliphatic carbocycles. The molecule has 4 rings (SSSR count). The normalized spacial score (nSPS) is 12.1. The van der Waals surface area contributed by atoms with Gasteiger partial charge in [-0.15, -0.1) is 0 Å². The van der Waals surface area contributed by atoms with E-state index in [1.807, 2.05) is 56.3 Å². The van der Waals surface area contributed by atoms with Crippen LogP contribution in [0.4, 0.5) is 5.82 Å². The quantitative estimate of drug-likeness (QED) is 0.371. The Balaban J connectivity index is 1.67. The molecule has 1 N–H and O–H groups in total. The SMILES string of the molecule is Cc1ccc2nc(-c3ccccc3)nc(SC(C)C(=O)Nc3cc(C)on3)c2c1. The van der Waals surface area contributed by atoms with E-state index in [2.05, 4.69) is 16.5 Å². The maximum Gasteiger partial charge on any atom is 0.238 e. The fraction of sp³-hybridized carbons (Fsp3) is 0.182. The minimum absolute atomic E-state index is 0.163. The molecular weight excluding hydrogens is 384 g/mol. The molecular formula is C22H20N4O2S. The van der Waals surface area contributed by atoms with Crippen LogP contribution in [-0.4, -0.2) is 26.3 Å². The molecule has 1 unspecified atom stereocenters. The highest BCUT2D eigenvalue weighted by molar-refractivity contribution is 8.00. The summed E-state index contributed by atoms with van der Waals surface area (Å²) >= 11 is 1.40. The molecule has 0 bridgehead atoms. The number of hydrogen-bond acceptors (Lipinski definition) is 6. The lowest BCUT2D eigenvalue weighted by atomic mass is 10.1. The van der Waals surface area contributed by atoms with Gasteiger partial charge in [0.15, 0.2) is 11.6 Å². The van der Waals surface area contributed by atoms with Gasteiger partial charge in [-0.3, -0.25) is 4.79 Å². The molecule has 0 spiro atoms. The minimum Gasteiger partial charge on any atom is -0.360 e. The summed E-state index contributed by atoms with van der Waals surface area (Å²) in [6, 6.07) is 17.6. The van der Waals surface area contributed by atoms with E-state index < -0.39 is 0 Å². The molecule has 146 valence electrons. The van der Waals surface area contributed by atoms with Crippen molar-refractivity contribution in [2.24, 2.45) is 0 Å². The first-order valence-electron chi connectivity index (χ1n) is 9.24. The second-order valence-corrected chi connectivity index (χ2v) is 8.14. The lowest BCUT2D eigenvalue weighted by Gasteiger charge is -2.13. The van der Waals surface area contributed by atoms with Crippen LogP contribution in [0.2, 0.25) is 0 Å². The van der Waals surface area contributed by atoms with Crippen molar-refractivity contribution < 1.29 is 9.32 Å². The summed E-state index contributed by atoms with van der Waals surface area (Å²) in [5.41, 5.74) is 2.91. The van der Waals surface area contributed by atoms with Gasteiger partial charge in [0.25, 0.3) is 0 Å². The van der Waals surface area contributed by atoms with Crippen molar-refractivity contribution in [2.75, 3.05) is 5.32 Å². The fourth-order valence-electron chi connectivity index (χ4n) is 2.89. The molecule has 0 radical (unpaired) electrons. The van der Waals surface area contributed by atoms with Gasteiger partial charge in [-0.1, -0.05) is 58.9 Å². The molecule has 29 heavy (non-hydrogen) atoms. The van der Waals surface area contributed by atoms with Crippen LogP contribution in [0.15, 0.2) is 64.1 Å². The predicted octanol–water partition coefficient (Wildman–Crippen LogP) is 5.02. The van der Waals surface area contributed by atoms with Crippen LogP contribution in [0.1, 0.15) is 18.2 Å². The van der Waals surface area contributed by atoms with E-state index >= 15 is 0 Å². The summed E-state index contributed by atoms with van der Waals surface area (Å²) in [6.07, 6.45) is 0. The summed E-state index contributed by atoms with van der Waals surface area (Å²) in [7, 11) is 0. The number of hydrogen-bond donors (Lipinski definition) is 1. The number of carbonyl (C=O) groups excluding carboxylic acids is 1. The number of anilines is 1. The van der Waals surface area contributed by atoms with Gasteiger partial charge in [-0.2, -0.15) is 0 Å². The number of thioether (sulfide) groups is 1. The maximum absolute atomic E-state index is 12.6. The molecule has 2 heterocycles. The molecule has 0 aliphatic heterocycles. The molecule has 0 fully saturated rings. The standard InChI is InChI=1S/C22H20N4O2S/c1-13-9-10-18-17(11-13)22(25-20(23-18)16-7-5-4-6-8-16)29-15(3)21(27)24-19-12-14(2)28-26-19/h4-12,15H,1-3H3,(H,24,26,27). The van der Waals surface area contributed by atoms with E-state index in [-0.39, 0.29) is 11.2 Å². The third-order valence-electron chi connectivity index (χ3n) is 4.39. The highest BCUT2D eigenvalue weighted by Crippen LogP contribution is 2.32. The maximum atomic E-state index is 12.6. The van der Waals surface area contributed by atoms with E-state index in [0.717, 1.165) is 27.1 Å². The van der Waals surface area contributed by atoms with E-state index in [0.29, 0.717) is 17.4 Å². The average Bonchev–Trinajstić information content (AvgIpc) is 3.13. The van der Waals surface area contributed by atoms with Gasteiger partial charge in [0.05, 0.1) is 10.8 Å². The predicted molar refractivity (Wildman–Crippen MR) is 115 cm³/mol. The number of fused-ring (bicyclic) bond motifs is 1. The Bertz CT molecular complexity index is 1170. The zero-order chi connectivity index (χ0) is 20.4. The Morgan fingerprint density at radius 2 is 1.86 bits per heavy atom. The number of carbonyl (C=O) groups is 1. The van der Waals surface area contributed by atoms with Gasteiger partial charge in [0.1, 0.15) is 10.8 Å². The molecule has 0 saturated carbocycles. The van der Waals surface area contributed by atoms with Gasteiger partial charge in [-0.05, 0) is 32.9 Å². The van der Waals surface area contributed by atoms with Crippen molar-refractivity contribution in [3.63, 3.8) is 0 Å². The Morgan fingerprint density at radius 1 is 1.07 bits per heavy atom. The number of amides is 1. The number of rotatable bonds is 5. The Labute approximate surface area is 172 Å². The smallest absolute Gasteiger partial charge is 0.238 e. The van der Waals surface area contributed by atoms with Crippen molar-refractivity contribution in [1.82, 2.24) is 15.1 Å². The molecule has 2 aromatic heterocycles. The van der Waals surface area contributed by atoms with Crippen molar-refractivity contribution in [3.05, 3.63) is 65.9 Å². The van der Waals surface area contributed by atoms with Gasteiger partial charge in [-0.25, -0.2) is 9.97 Å². The second-order valence-electron chi connectivity index (χ2n) is 6.81. The molecule has 6 nitrogen and oxygen atoms in total. The third kappa shape index (κ3) is 4.30. The number of aryl methyl sites for hydroxylation is 2. The zero-order valence-corrected chi connectivity index (χ0v) is 17.2. The van der Waals surface area contributed by atoms with Gasteiger partial charge >= 0.3 is 0 Å². The highest BCUT2D eigenvalue weighted by atomic mass is 32.2. The second kappa shape index (κ2) is 8.05. The molecule has 1 atom stereocenters. The van der Waals surface area contributed by atoms with E-state index in [9.17, 15) is 4.79 Å². The monoisotopic (exact) mass is 404 g/mol. The minimum atomic E-state index is -0.380. The molecule has 1 amide bonds. The number of aromatic nitrogens is 3. The van der Waals surface area contributed by atoms with Crippen LogP contribution in [0.3, 0.4) is 0 Å². The largest absolute Gasteiger partial charge is 0.360 e. The average molecular weight is 404 g/mol. The Hall–Kier alpha value is -3.19. The summed E-state index contributed by atoms with van der Waals surface area (Å²) in [5.74, 6) is 1.53. The van der Waals surface area contributed by atoms with Crippen molar-refractivity contribution >= 4 is 34.4 Å². The lowest BCUT2D eigenvalue weighted by Crippen LogP contribution is -2.22. The van der Waals surface area contributed by atoms with Crippen LogP contribution >= 0.6 is 11.8 Å². The summed E-state index contributed by atoms with van der Waals surface area (Å²) in [6.45, 7) is 5.65. The molecule has 0 saturated heterocycles. The van der Waals surface area contributed by atoms with Crippen LogP contribution in [-0.2, 0) is 4.79 Å². The Morgan fingerprint density at radius 3 is 2.59 bits per heavy atom. The van der Waals surface area contributed by atoms with E-state index in [1.165, 1.54) is 11.8 Å². The van der Waals surface area contributed by atoms with Gasteiger partial charge < -0.3 is 9.84 Å². The fourth-order valence-corrected chi connectivity index (χ4v) is 3.82. The zero-order valence-electron chi connectivity index (χ0n) is 16.3. The molecule has 4 aromatic rings. The van der Waals surface area contributed by atoms with Crippen molar-refractivity contribution in [3.8, 4) is 11.4 Å². The van der Waals surface area contributed by atoms with Crippen molar-refractivity contribution in [1.29, 1.82) is 0 Å². The summed E-state index contributed by atoms with van der Waals surface area (Å²) < 4.78 is 5.01. The van der Waals surface area contributed by atoms with Crippen LogP contribution in [0.25, 0.3) is 22.3 Å². The van der Waals surface area contributed by atoms with Crippen LogP contribution in [0.5, 0.6) is 0 Å². The van der Waals surface area contributed by atoms with Crippen LogP contribution in [0, 0.1) is 13.8 Å². The highest BCUT2D eigenvalue weighted by Gasteiger charge is 2.19. The first-order valence-corrected chi connectivity index (χ1v) is 10.1. The molecule has 0 aliphatic rings. The van der Waals surface area contributed by atoms with Gasteiger partial charge in [0, 0.05) is 17.0 Å². The molecule has 2 aromatic carbocycles. The van der Waals surface area contributed by atoms with Gasteiger partial charge in [0.2, 0.25) is 5.91 Å². The first kappa shape index (κ1) is 19.1. The van der Waals surface area contributed by atoms with E-state index in [4.69, 9.17) is 14.5 Å². The lowest BCUT2D eigenvalue weighted by molar-refractivity contribution is -0.115. The topological polar surface area (TPSA) is 80.9 Å². The number of benzene rings is 2. The summed E-state index contributed by atoms with van der Waals surface area (Å²) in [5, 5.41) is 7.93. The summed E-state index contributed by atoms with van der Waals surface area (Å²) in [4.78, 5) is 22.1. The van der Waals surface area contributed by atoms with Crippen molar-refractivity contribution in [2.45, 2.75) is 31.0 Å². The molecule has 7 heteroatoms. The number of nitrogens with one attached hydrogen (secondary N) is 1. The Kier molecular flexibility index (Phi) is 5.31. The number of nitrogens with zero attached hydrogens (tertiary/aromatic N) is 3.